The van der Waals surface area contributed by atoms with Crippen LogP contribution in [0.2, 0.25) is 0 Å². The van der Waals surface area contributed by atoms with Gasteiger partial charge in [-0.1, -0.05) is 6.92 Å². The molecule has 4 heteroatoms. The van der Waals surface area contributed by atoms with Crippen LogP contribution in [0.25, 0.3) is 11.3 Å². The zero-order chi connectivity index (χ0) is 12.8. The summed E-state index contributed by atoms with van der Waals surface area (Å²) < 4.78 is 5.55. The molecule has 0 aliphatic carbocycles. The molecule has 4 nitrogen and oxygen atoms in total. The van der Waals surface area contributed by atoms with Gasteiger partial charge in [0.1, 0.15) is 11.6 Å². The van der Waals surface area contributed by atoms with Gasteiger partial charge in [0.2, 0.25) is 0 Å². The van der Waals surface area contributed by atoms with Gasteiger partial charge in [0.25, 0.3) is 0 Å². The first-order chi connectivity index (χ1) is 8.83. The van der Waals surface area contributed by atoms with Crippen LogP contribution in [0, 0.1) is 0 Å². The highest BCUT2D eigenvalue weighted by Crippen LogP contribution is 2.22. The molecule has 2 N–H and O–H groups in total. The average Bonchev–Trinajstić information content (AvgIpc) is 2.86. The van der Waals surface area contributed by atoms with Crippen LogP contribution in [0.5, 0.6) is 5.75 Å². The minimum atomic E-state index is 0.758. The number of ether oxygens (including phenoxy) is 1. The predicted molar refractivity (Wildman–Crippen MR) is 74.0 cm³/mol. The fraction of sp³-hybridized carbons (Fsp3) is 0.357. The molecule has 2 rings (SSSR count). The van der Waals surface area contributed by atoms with Gasteiger partial charge >= 0.3 is 0 Å². The van der Waals surface area contributed by atoms with Crippen LogP contribution in [0.15, 0.2) is 30.3 Å². The Morgan fingerprint density at radius 2 is 2.00 bits per heavy atom. The standard InChI is InChI=1S/C14H19N3O/c1-3-9-18-12-7-5-11(6-8-12)13-10-14(15-4-2)17-16-13/h5-8,10H,3-4,9H2,1-2H3,(H2,15,16,17). The lowest BCUT2D eigenvalue weighted by Crippen LogP contribution is -1.95. The van der Waals surface area contributed by atoms with E-state index in [9.17, 15) is 0 Å². The molecule has 96 valence electrons. The maximum absolute atomic E-state index is 5.55. The summed E-state index contributed by atoms with van der Waals surface area (Å²) in [5.41, 5.74) is 2.11. The highest BCUT2D eigenvalue weighted by atomic mass is 16.5. The van der Waals surface area contributed by atoms with Gasteiger partial charge in [-0.25, -0.2) is 0 Å². The van der Waals surface area contributed by atoms with Crippen LogP contribution >= 0.6 is 0 Å². The predicted octanol–water partition coefficient (Wildman–Crippen LogP) is 3.30. The molecule has 0 aliphatic heterocycles. The fourth-order valence-electron chi connectivity index (χ4n) is 1.69. The molecule has 0 unspecified atom stereocenters. The van der Waals surface area contributed by atoms with Crippen LogP contribution in [0.3, 0.4) is 0 Å². The summed E-state index contributed by atoms with van der Waals surface area (Å²) in [6.07, 6.45) is 1.02. The molecule has 0 fully saturated rings. The van der Waals surface area contributed by atoms with E-state index in [1.165, 1.54) is 0 Å². The first kappa shape index (κ1) is 12.5. The van der Waals surface area contributed by atoms with Crippen molar-refractivity contribution in [2.45, 2.75) is 20.3 Å². The Bertz CT molecular complexity index is 476. The third-order valence-electron chi connectivity index (χ3n) is 2.57. The Morgan fingerprint density at radius 3 is 2.67 bits per heavy atom. The van der Waals surface area contributed by atoms with Crippen LogP contribution in [0.1, 0.15) is 20.3 Å². The quantitative estimate of drug-likeness (QED) is 0.821. The van der Waals surface area contributed by atoms with Crippen LogP contribution in [-0.2, 0) is 0 Å². The Morgan fingerprint density at radius 1 is 1.22 bits per heavy atom. The molecule has 0 saturated carbocycles. The zero-order valence-electron chi connectivity index (χ0n) is 10.9. The Kier molecular flexibility index (Phi) is 4.23. The molecule has 1 aromatic heterocycles. The molecule has 18 heavy (non-hydrogen) atoms. The topological polar surface area (TPSA) is 49.9 Å². The van der Waals surface area contributed by atoms with Crippen molar-refractivity contribution < 1.29 is 4.74 Å². The summed E-state index contributed by atoms with van der Waals surface area (Å²) in [5, 5.41) is 10.4. The van der Waals surface area contributed by atoms with Gasteiger partial charge in [-0.05, 0) is 43.2 Å². The molecule has 0 atom stereocenters. The number of hydrogen-bond acceptors (Lipinski definition) is 3. The largest absolute Gasteiger partial charge is 0.494 e. The van der Waals surface area contributed by atoms with Crippen molar-refractivity contribution >= 4 is 5.82 Å². The number of aromatic amines is 1. The lowest BCUT2D eigenvalue weighted by Gasteiger charge is -2.04. The number of H-pyrrole nitrogens is 1. The van der Waals surface area contributed by atoms with E-state index in [0.29, 0.717) is 0 Å². The highest BCUT2D eigenvalue weighted by molar-refractivity contribution is 5.63. The normalized spacial score (nSPS) is 10.3. The van der Waals surface area contributed by atoms with E-state index in [-0.39, 0.29) is 0 Å². The van der Waals surface area contributed by atoms with E-state index >= 15 is 0 Å². The van der Waals surface area contributed by atoms with Crippen molar-refractivity contribution in [1.82, 2.24) is 10.2 Å². The minimum absolute atomic E-state index is 0.758. The first-order valence-electron chi connectivity index (χ1n) is 6.36. The van der Waals surface area contributed by atoms with E-state index < -0.39 is 0 Å². The van der Waals surface area contributed by atoms with Gasteiger partial charge in [0.05, 0.1) is 12.3 Å². The van der Waals surface area contributed by atoms with Crippen molar-refractivity contribution in [3.05, 3.63) is 30.3 Å². The maximum atomic E-state index is 5.55. The van der Waals surface area contributed by atoms with Gasteiger partial charge in [-0.3, -0.25) is 5.10 Å². The third kappa shape index (κ3) is 3.03. The number of nitrogens with one attached hydrogen (secondary N) is 2. The van der Waals surface area contributed by atoms with Crippen LogP contribution < -0.4 is 10.1 Å². The van der Waals surface area contributed by atoms with E-state index in [0.717, 1.165) is 42.4 Å². The van der Waals surface area contributed by atoms with Crippen LogP contribution in [-0.4, -0.2) is 23.3 Å². The van der Waals surface area contributed by atoms with E-state index in [4.69, 9.17) is 4.74 Å². The first-order valence-corrected chi connectivity index (χ1v) is 6.36. The SMILES string of the molecule is CCCOc1ccc(-c2cc(NCC)n[nH]2)cc1. The molecule has 2 aromatic rings. The molecule has 0 amide bonds. The summed E-state index contributed by atoms with van der Waals surface area (Å²) in [7, 11) is 0. The lowest BCUT2D eigenvalue weighted by molar-refractivity contribution is 0.317. The molecule has 0 saturated heterocycles. The van der Waals surface area contributed by atoms with Gasteiger partial charge in [-0.15, -0.1) is 0 Å². The summed E-state index contributed by atoms with van der Waals surface area (Å²) in [6, 6.07) is 10.0. The number of anilines is 1. The summed E-state index contributed by atoms with van der Waals surface area (Å²) in [6.45, 7) is 5.78. The summed E-state index contributed by atoms with van der Waals surface area (Å²) in [4.78, 5) is 0. The highest BCUT2D eigenvalue weighted by Gasteiger charge is 2.03. The zero-order valence-corrected chi connectivity index (χ0v) is 10.9. The summed E-state index contributed by atoms with van der Waals surface area (Å²) in [5.74, 6) is 1.78. The number of nitrogens with zero attached hydrogens (tertiary/aromatic N) is 1. The molecular weight excluding hydrogens is 226 g/mol. The molecule has 1 heterocycles. The monoisotopic (exact) mass is 245 g/mol. The van der Waals surface area contributed by atoms with E-state index in [1.807, 2.05) is 37.3 Å². The fourth-order valence-corrected chi connectivity index (χ4v) is 1.69. The van der Waals surface area contributed by atoms with Gasteiger partial charge < -0.3 is 10.1 Å². The van der Waals surface area contributed by atoms with Crippen molar-refractivity contribution in [3.63, 3.8) is 0 Å². The molecule has 0 bridgehead atoms. The molecule has 0 spiro atoms. The maximum Gasteiger partial charge on any atom is 0.148 e. The Hall–Kier alpha value is -1.97. The Labute approximate surface area is 107 Å². The number of hydrogen-bond donors (Lipinski definition) is 2. The minimum Gasteiger partial charge on any atom is -0.494 e. The average molecular weight is 245 g/mol. The second-order valence-corrected chi connectivity index (χ2v) is 4.07. The molecule has 1 aromatic carbocycles. The van der Waals surface area contributed by atoms with Gasteiger partial charge in [0, 0.05) is 12.6 Å². The summed E-state index contributed by atoms with van der Waals surface area (Å²) >= 11 is 0. The van der Waals surface area contributed by atoms with Crippen molar-refractivity contribution in [1.29, 1.82) is 0 Å². The van der Waals surface area contributed by atoms with Gasteiger partial charge in [-0.2, -0.15) is 5.10 Å². The van der Waals surface area contributed by atoms with Crippen LogP contribution in [0.4, 0.5) is 5.82 Å². The molecule has 0 aliphatic rings. The van der Waals surface area contributed by atoms with E-state index in [2.05, 4.69) is 22.4 Å². The van der Waals surface area contributed by atoms with Crippen molar-refractivity contribution in [2.75, 3.05) is 18.5 Å². The number of rotatable bonds is 6. The smallest absolute Gasteiger partial charge is 0.148 e. The lowest BCUT2D eigenvalue weighted by atomic mass is 10.1. The second kappa shape index (κ2) is 6.10. The molecular formula is C14H19N3O. The van der Waals surface area contributed by atoms with Crippen molar-refractivity contribution in [3.8, 4) is 17.0 Å². The number of benzene rings is 1. The van der Waals surface area contributed by atoms with E-state index in [1.54, 1.807) is 0 Å². The third-order valence-corrected chi connectivity index (χ3v) is 2.57. The second-order valence-electron chi connectivity index (χ2n) is 4.07. The Balaban J connectivity index is 2.07. The van der Waals surface area contributed by atoms with Crippen molar-refractivity contribution in [2.24, 2.45) is 0 Å². The molecule has 0 radical (unpaired) electrons. The number of aromatic nitrogens is 2. The van der Waals surface area contributed by atoms with Gasteiger partial charge in [0.15, 0.2) is 0 Å².